The van der Waals surface area contributed by atoms with Crippen molar-refractivity contribution in [1.29, 1.82) is 0 Å². The number of hydrogen-bond acceptors (Lipinski definition) is 3. The lowest BCUT2D eigenvalue weighted by molar-refractivity contribution is -0.142. The van der Waals surface area contributed by atoms with Crippen molar-refractivity contribution in [2.45, 2.75) is 38.8 Å². The Balaban J connectivity index is 1.64. The number of aromatic nitrogens is 2. The van der Waals surface area contributed by atoms with E-state index in [1.54, 1.807) is 0 Å². The van der Waals surface area contributed by atoms with Gasteiger partial charge >= 0.3 is 6.18 Å². The van der Waals surface area contributed by atoms with Gasteiger partial charge in [-0.3, -0.25) is 9.89 Å². The lowest BCUT2D eigenvalue weighted by Crippen LogP contribution is -2.38. The molecule has 1 aliphatic heterocycles. The van der Waals surface area contributed by atoms with Crippen LogP contribution < -0.4 is 0 Å². The predicted octanol–water partition coefficient (Wildman–Crippen LogP) is 2.33. The number of nitrogens with one attached hydrogen (secondary N) is 1. The molecule has 1 aromatic rings. The molecule has 1 N–H and O–H groups in total. The molecule has 1 saturated heterocycles. The topological polar surface area (TPSA) is 52.2 Å². The third-order valence-corrected chi connectivity index (χ3v) is 5.47. The molecule has 5 nitrogen and oxygen atoms in total. The largest absolute Gasteiger partial charge is 0.435 e. The van der Waals surface area contributed by atoms with Crippen molar-refractivity contribution >= 4 is 5.91 Å². The summed E-state index contributed by atoms with van der Waals surface area (Å²) in [5.41, 5.74) is -0.150. The van der Waals surface area contributed by atoms with Gasteiger partial charge in [0.2, 0.25) is 5.91 Å². The lowest BCUT2D eigenvalue weighted by Gasteiger charge is -2.27. The van der Waals surface area contributed by atoms with E-state index >= 15 is 0 Å². The summed E-state index contributed by atoms with van der Waals surface area (Å²) in [6.07, 6.45) is -2.34. The smallest absolute Gasteiger partial charge is 0.342 e. The summed E-state index contributed by atoms with van der Waals surface area (Å²) in [4.78, 5) is 16.9. The summed E-state index contributed by atoms with van der Waals surface area (Å²) >= 11 is 0. The van der Waals surface area contributed by atoms with E-state index in [1.165, 1.54) is 0 Å². The summed E-state index contributed by atoms with van der Waals surface area (Å²) in [5.74, 6) is 0.0863. The highest BCUT2D eigenvalue weighted by Crippen LogP contribution is 2.36. The van der Waals surface area contributed by atoms with Gasteiger partial charge < -0.3 is 9.80 Å². The van der Waals surface area contributed by atoms with Crippen molar-refractivity contribution in [3.63, 3.8) is 0 Å². The van der Waals surface area contributed by atoms with E-state index in [0.29, 0.717) is 37.5 Å². The SMILES string of the molecule is CCN(C)C[C@@H]1CCN(C(=O)[C@@H]2CCc3[nH]nc(C(F)(F)F)c3C2)C1. The van der Waals surface area contributed by atoms with Crippen LogP contribution in [-0.2, 0) is 23.8 Å². The molecule has 140 valence electrons. The molecule has 2 atom stereocenters. The summed E-state index contributed by atoms with van der Waals surface area (Å²) < 4.78 is 39.2. The number of aryl methyl sites for hydroxylation is 1. The van der Waals surface area contributed by atoms with Gasteiger partial charge in [0.1, 0.15) is 0 Å². The van der Waals surface area contributed by atoms with Crippen LogP contribution >= 0.6 is 0 Å². The van der Waals surface area contributed by atoms with E-state index < -0.39 is 11.9 Å². The van der Waals surface area contributed by atoms with Gasteiger partial charge in [-0.2, -0.15) is 18.3 Å². The number of alkyl halides is 3. The number of H-pyrrole nitrogens is 1. The molecule has 0 spiro atoms. The van der Waals surface area contributed by atoms with Crippen LogP contribution in [-0.4, -0.2) is 59.1 Å². The minimum atomic E-state index is -4.47. The van der Waals surface area contributed by atoms with Crippen molar-refractivity contribution in [1.82, 2.24) is 20.0 Å². The number of rotatable bonds is 4. The third-order valence-electron chi connectivity index (χ3n) is 5.47. The summed E-state index contributed by atoms with van der Waals surface area (Å²) in [7, 11) is 2.06. The van der Waals surface area contributed by atoms with E-state index in [2.05, 4.69) is 29.1 Å². The number of halogens is 3. The van der Waals surface area contributed by atoms with Crippen LogP contribution in [0.2, 0.25) is 0 Å². The minimum absolute atomic E-state index is 0.00151. The second kappa shape index (κ2) is 6.97. The van der Waals surface area contributed by atoms with Gasteiger partial charge in [0.15, 0.2) is 5.69 Å². The van der Waals surface area contributed by atoms with E-state index in [1.807, 2.05) is 4.90 Å². The molecule has 0 unspecified atom stereocenters. The molecule has 2 heterocycles. The first kappa shape index (κ1) is 18.2. The van der Waals surface area contributed by atoms with Gasteiger partial charge in [-0.05, 0) is 45.2 Å². The standard InChI is InChI=1S/C17H25F3N4O/c1-3-23(2)9-11-6-7-24(10-11)16(25)12-4-5-14-13(8-12)15(22-21-14)17(18,19)20/h11-12H,3-10H2,1-2H3,(H,21,22)/t11-,12+/m0/s1. The van der Waals surface area contributed by atoms with Gasteiger partial charge in [0.25, 0.3) is 0 Å². The Bertz CT molecular complexity index is 628. The highest BCUT2D eigenvalue weighted by atomic mass is 19.4. The fourth-order valence-electron chi connectivity index (χ4n) is 3.95. The molecular formula is C17H25F3N4O. The van der Waals surface area contributed by atoms with Crippen molar-refractivity contribution in [2.75, 3.05) is 33.2 Å². The maximum absolute atomic E-state index is 13.1. The Hall–Kier alpha value is -1.57. The first-order chi connectivity index (χ1) is 11.8. The predicted molar refractivity (Wildman–Crippen MR) is 87.0 cm³/mol. The van der Waals surface area contributed by atoms with Crippen LogP contribution in [0.15, 0.2) is 0 Å². The molecule has 1 fully saturated rings. The van der Waals surface area contributed by atoms with Crippen LogP contribution in [0.3, 0.4) is 0 Å². The molecule has 0 aromatic carbocycles. The zero-order valence-electron chi connectivity index (χ0n) is 14.7. The zero-order valence-corrected chi connectivity index (χ0v) is 14.7. The molecule has 1 amide bonds. The second-order valence-corrected chi connectivity index (χ2v) is 7.26. The lowest BCUT2D eigenvalue weighted by atomic mass is 9.85. The number of hydrogen-bond donors (Lipinski definition) is 1. The molecule has 25 heavy (non-hydrogen) atoms. The molecule has 0 saturated carbocycles. The van der Waals surface area contributed by atoms with Gasteiger partial charge in [-0.25, -0.2) is 0 Å². The Morgan fingerprint density at radius 1 is 1.40 bits per heavy atom. The highest BCUT2D eigenvalue weighted by molar-refractivity contribution is 5.80. The fourth-order valence-corrected chi connectivity index (χ4v) is 3.95. The zero-order chi connectivity index (χ0) is 18.2. The molecular weight excluding hydrogens is 333 g/mol. The number of carbonyl (C=O) groups is 1. The second-order valence-electron chi connectivity index (χ2n) is 7.26. The Labute approximate surface area is 145 Å². The molecule has 2 aliphatic rings. The van der Waals surface area contributed by atoms with Crippen molar-refractivity contribution < 1.29 is 18.0 Å². The number of likely N-dealkylation sites (tertiary alicyclic amines) is 1. The number of aromatic amines is 1. The summed E-state index contributed by atoms with van der Waals surface area (Å²) in [6, 6.07) is 0. The monoisotopic (exact) mass is 358 g/mol. The van der Waals surface area contributed by atoms with Crippen LogP contribution in [0.25, 0.3) is 0 Å². The van der Waals surface area contributed by atoms with Gasteiger partial charge in [-0.1, -0.05) is 6.92 Å². The average Bonchev–Trinajstić information content (AvgIpc) is 3.19. The Kier molecular flexibility index (Phi) is 5.09. The van der Waals surface area contributed by atoms with Crippen LogP contribution in [0.4, 0.5) is 13.2 Å². The van der Waals surface area contributed by atoms with Crippen molar-refractivity contribution in [3.8, 4) is 0 Å². The summed E-state index contributed by atoms with van der Waals surface area (Å²) in [6.45, 7) is 5.44. The Morgan fingerprint density at radius 2 is 2.16 bits per heavy atom. The number of carbonyl (C=O) groups excluding carboxylic acids is 1. The van der Waals surface area contributed by atoms with Crippen molar-refractivity contribution in [2.24, 2.45) is 11.8 Å². The van der Waals surface area contributed by atoms with Gasteiger partial charge in [0.05, 0.1) is 0 Å². The van der Waals surface area contributed by atoms with Gasteiger partial charge in [0, 0.05) is 36.8 Å². The van der Waals surface area contributed by atoms with E-state index in [4.69, 9.17) is 0 Å². The maximum Gasteiger partial charge on any atom is 0.435 e. The van der Waals surface area contributed by atoms with E-state index in [-0.39, 0.29) is 23.8 Å². The van der Waals surface area contributed by atoms with Crippen LogP contribution in [0.1, 0.15) is 36.7 Å². The van der Waals surface area contributed by atoms with E-state index in [0.717, 1.165) is 19.5 Å². The molecule has 0 bridgehead atoms. The maximum atomic E-state index is 13.1. The first-order valence-corrected chi connectivity index (χ1v) is 8.90. The number of nitrogens with zero attached hydrogens (tertiary/aromatic N) is 3. The summed E-state index contributed by atoms with van der Waals surface area (Å²) in [5, 5.41) is 5.93. The number of fused-ring (bicyclic) bond motifs is 1. The van der Waals surface area contributed by atoms with E-state index in [9.17, 15) is 18.0 Å². The van der Waals surface area contributed by atoms with Crippen LogP contribution in [0, 0.1) is 11.8 Å². The van der Waals surface area contributed by atoms with Crippen LogP contribution in [0.5, 0.6) is 0 Å². The minimum Gasteiger partial charge on any atom is -0.342 e. The third kappa shape index (κ3) is 3.83. The van der Waals surface area contributed by atoms with Crippen molar-refractivity contribution in [3.05, 3.63) is 17.0 Å². The first-order valence-electron chi connectivity index (χ1n) is 8.90. The molecule has 3 rings (SSSR count). The fraction of sp³-hybridized carbons (Fsp3) is 0.765. The normalized spacial score (nSPS) is 24.0. The molecule has 8 heteroatoms. The van der Waals surface area contributed by atoms with Gasteiger partial charge in [-0.15, -0.1) is 0 Å². The average molecular weight is 358 g/mol. The quantitative estimate of drug-likeness (QED) is 0.899. The Morgan fingerprint density at radius 3 is 2.84 bits per heavy atom. The highest BCUT2D eigenvalue weighted by Gasteiger charge is 2.41. The molecule has 1 aliphatic carbocycles. The molecule has 0 radical (unpaired) electrons. The molecule has 1 aromatic heterocycles. The number of amides is 1.